The summed E-state index contributed by atoms with van der Waals surface area (Å²) in [5.74, 6) is 1.61. The highest BCUT2D eigenvalue weighted by Crippen LogP contribution is 2.22. The summed E-state index contributed by atoms with van der Waals surface area (Å²) in [7, 11) is 1.74. The zero-order valence-electron chi connectivity index (χ0n) is 17.2. The van der Waals surface area contributed by atoms with Gasteiger partial charge in [-0.3, -0.25) is 4.99 Å². The summed E-state index contributed by atoms with van der Waals surface area (Å²) < 4.78 is 32.7. The fraction of sp³-hybridized carbons (Fsp3) is 0.550. The number of piperazine rings is 1. The summed E-state index contributed by atoms with van der Waals surface area (Å²) in [6.45, 7) is 7.34. The van der Waals surface area contributed by atoms with E-state index < -0.39 is 11.6 Å². The maximum atomic E-state index is 14.0. The molecule has 0 bridgehead atoms. The van der Waals surface area contributed by atoms with Crippen LogP contribution in [0, 0.1) is 11.6 Å². The van der Waals surface area contributed by atoms with Crippen molar-refractivity contribution in [2.75, 3.05) is 44.7 Å². The van der Waals surface area contributed by atoms with Gasteiger partial charge in [0.05, 0.1) is 5.69 Å². The molecule has 1 aliphatic rings. The molecule has 158 valence electrons. The molecule has 0 amide bonds. The Labute approximate surface area is 169 Å². The largest absolute Gasteiger partial charge is 0.366 e. The topological polar surface area (TPSA) is 69.8 Å². The average Bonchev–Trinajstić information content (AvgIpc) is 3.19. The molecule has 1 aliphatic heterocycles. The number of benzene rings is 1. The minimum absolute atomic E-state index is 0.254. The molecule has 9 heteroatoms. The van der Waals surface area contributed by atoms with E-state index in [1.165, 1.54) is 12.1 Å². The first-order chi connectivity index (χ1) is 14.0. The van der Waals surface area contributed by atoms with Crippen LogP contribution in [0.3, 0.4) is 0 Å². The van der Waals surface area contributed by atoms with Crippen molar-refractivity contribution in [3.05, 3.63) is 41.5 Å². The molecule has 2 aromatic rings. The molecular weight excluding hydrogens is 378 g/mol. The van der Waals surface area contributed by atoms with E-state index in [-0.39, 0.29) is 5.92 Å². The summed E-state index contributed by atoms with van der Waals surface area (Å²) in [5.41, 5.74) is 0.313. The number of nitrogens with one attached hydrogen (secondary N) is 1. The Kier molecular flexibility index (Phi) is 7.00. The number of aromatic nitrogens is 2. The fourth-order valence-corrected chi connectivity index (χ4v) is 3.26. The van der Waals surface area contributed by atoms with E-state index in [2.05, 4.69) is 25.3 Å². The van der Waals surface area contributed by atoms with Crippen LogP contribution in [0.5, 0.6) is 0 Å². The maximum Gasteiger partial charge on any atom is 0.226 e. The Balaban J connectivity index is 1.44. The molecule has 0 spiro atoms. The van der Waals surface area contributed by atoms with Crippen molar-refractivity contribution in [2.45, 2.75) is 32.6 Å². The number of anilines is 1. The number of halogens is 2. The lowest BCUT2D eigenvalue weighted by Gasteiger charge is -2.37. The molecule has 0 aliphatic carbocycles. The quantitative estimate of drug-likeness (QED) is 0.452. The number of hydrogen-bond acceptors (Lipinski definition) is 5. The van der Waals surface area contributed by atoms with Crippen molar-refractivity contribution >= 4 is 11.6 Å². The smallest absolute Gasteiger partial charge is 0.226 e. The number of hydrogen-bond donors (Lipinski definition) is 1. The van der Waals surface area contributed by atoms with Crippen LogP contribution in [0.25, 0.3) is 0 Å². The van der Waals surface area contributed by atoms with E-state index >= 15 is 0 Å². The summed E-state index contributed by atoms with van der Waals surface area (Å²) in [5, 5.41) is 7.32. The zero-order valence-corrected chi connectivity index (χ0v) is 17.2. The Bertz CT molecular complexity index is 830. The van der Waals surface area contributed by atoms with Crippen LogP contribution in [0.2, 0.25) is 0 Å². The number of aliphatic imine (C=N–C) groups is 1. The van der Waals surface area contributed by atoms with Gasteiger partial charge < -0.3 is 19.6 Å². The van der Waals surface area contributed by atoms with Gasteiger partial charge in [0, 0.05) is 58.2 Å². The highest BCUT2D eigenvalue weighted by Gasteiger charge is 2.22. The second kappa shape index (κ2) is 9.67. The summed E-state index contributed by atoms with van der Waals surface area (Å²) in [6, 6.07) is 3.56. The summed E-state index contributed by atoms with van der Waals surface area (Å²) in [4.78, 5) is 12.7. The van der Waals surface area contributed by atoms with Gasteiger partial charge in [0.15, 0.2) is 11.8 Å². The van der Waals surface area contributed by atoms with Crippen molar-refractivity contribution in [2.24, 2.45) is 4.99 Å². The van der Waals surface area contributed by atoms with Gasteiger partial charge in [-0.05, 0) is 18.6 Å². The Hall–Kier alpha value is -2.71. The van der Waals surface area contributed by atoms with Crippen LogP contribution in [0.4, 0.5) is 14.5 Å². The third-order valence-corrected chi connectivity index (χ3v) is 4.89. The standard InChI is InChI=1S/C20H28F2N6O/c1-14(2)19-25-18(29-26-19)5-4-8-24-20(23-3)28-11-9-27(10-12-28)17-13-15(21)6-7-16(17)22/h6-7,13-14H,4-5,8-12H2,1-3H3,(H,23,24). The van der Waals surface area contributed by atoms with Gasteiger partial charge in [-0.15, -0.1) is 0 Å². The Morgan fingerprint density at radius 3 is 2.66 bits per heavy atom. The van der Waals surface area contributed by atoms with Crippen LogP contribution in [0.15, 0.2) is 27.7 Å². The van der Waals surface area contributed by atoms with E-state index in [0.717, 1.165) is 30.8 Å². The first-order valence-corrected chi connectivity index (χ1v) is 9.96. The van der Waals surface area contributed by atoms with Crippen LogP contribution in [-0.4, -0.2) is 60.8 Å². The molecule has 1 saturated heterocycles. The van der Waals surface area contributed by atoms with E-state index in [0.29, 0.717) is 44.2 Å². The van der Waals surface area contributed by atoms with E-state index in [4.69, 9.17) is 4.52 Å². The number of guanidine groups is 1. The van der Waals surface area contributed by atoms with Crippen LogP contribution >= 0.6 is 0 Å². The van der Waals surface area contributed by atoms with Gasteiger partial charge in [0.2, 0.25) is 5.89 Å². The molecule has 3 rings (SSSR count). The average molecular weight is 406 g/mol. The molecule has 1 N–H and O–H groups in total. The SMILES string of the molecule is CN=C(NCCCc1nc(C(C)C)no1)N1CCN(c2cc(F)ccc2F)CC1. The lowest BCUT2D eigenvalue weighted by Crippen LogP contribution is -2.52. The maximum absolute atomic E-state index is 14.0. The second-order valence-corrected chi connectivity index (χ2v) is 7.35. The van der Waals surface area contributed by atoms with Crippen molar-refractivity contribution in [1.29, 1.82) is 0 Å². The molecular formula is C20H28F2N6O. The molecule has 0 radical (unpaired) electrons. The normalized spacial score (nSPS) is 15.3. The van der Waals surface area contributed by atoms with Crippen LogP contribution < -0.4 is 10.2 Å². The van der Waals surface area contributed by atoms with E-state index in [1.54, 1.807) is 7.05 Å². The molecule has 1 fully saturated rings. The van der Waals surface area contributed by atoms with Gasteiger partial charge in [-0.2, -0.15) is 4.98 Å². The molecule has 0 atom stereocenters. The molecule has 7 nitrogen and oxygen atoms in total. The summed E-state index contributed by atoms with van der Waals surface area (Å²) >= 11 is 0. The van der Waals surface area contributed by atoms with E-state index in [1.807, 2.05) is 18.7 Å². The third kappa shape index (κ3) is 5.42. The lowest BCUT2D eigenvalue weighted by molar-refractivity contribution is 0.363. The summed E-state index contributed by atoms with van der Waals surface area (Å²) in [6.07, 6.45) is 1.55. The van der Waals surface area contributed by atoms with Gasteiger partial charge in [0.1, 0.15) is 11.6 Å². The molecule has 29 heavy (non-hydrogen) atoms. The first-order valence-electron chi connectivity index (χ1n) is 9.96. The van der Waals surface area contributed by atoms with Crippen molar-refractivity contribution in [1.82, 2.24) is 20.4 Å². The highest BCUT2D eigenvalue weighted by atomic mass is 19.1. The Morgan fingerprint density at radius 2 is 2.00 bits per heavy atom. The molecule has 1 aromatic carbocycles. The lowest BCUT2D eigenvalue weighted by atomic mass is 10.2. The molecule has 0 saturated carbocycles. The number of aryl methyl sites for hydroxylation is 1. The molecule has 2 heterocycles. The zero-order chi connectivity index (χ0) is 20.8. The number of nitrogens with zero attached hydrogens (tertiary/aromatic N) is 5. The predicted octanol–water partition coefficient (Wildman–Crippen LogP) is 2.80. The first kappa shape index (κ1) is 21.0. The van der Waals surface area contributed by atoms with Crippen LogP contribution in [0.1, 0.15) is 37.9 Å². The van der Waals surface area contributed by atoms with Crippen molar-refractivity contribution < 1.29 is 13.3 Å². The van der Waals surface area contributed by atoms with Gasteiger partial charge in [-0.1, -0.05) is 19.0 Å². The van der Waals surface area contributed by atoms with Crippen LogP contribution in [-0.2, 0) is 6.42 Å². The van der Waals surface area contributed by atoms with Gasteiger partial charge >= 0.3 is 0 Å². The van der Waals surface area contributed by atoms with Gasteiger partial charge in [0.25, 0.3) is 0 Å². The van der Waals surface area contributed by atoms with Gasteiger partial charge in [-0.25, -0.2) is 8.78 Å². The van der Waals surface area contributed by atoms with Crippen molar-refractivity contribution in [3.63, 3.8) is 0 Å². The molecule has 1 aromatic heterocycles. The predicted molar refractivity (Wildman–Crippen MR) is 108 cm³/mol. The Morgan fingerprint density at radius 1 is 1.24 bits per heavy atom. The minimum atomic E-state index is -0.428. The highest BCUT2D eigenvalue weighted by molar-refractivity contribution is 5.80. The molecule has 0 unspecified atom stereocenters. The monoisotopic (exact) mass is 406 g/mol. The minimum Gasteiger partial charge on any atom is -0.366 e. The van der Waals surface area contributed by atoms with E-state index in [9.17, 15) is 8.78 Å². The van der Waals surface area contributed by atoms with Crippen molar-refractivity contribution in [3.8, 4) is 0 Å². The third-order valence-electron chi connectivity index (χ3n) is 4.89. The fourth-order valence-electron chi connectivity index (χ4n) is 3.26. The second-order valence-electron chi connectivity index (χ2n) is 7.35. The number of rotatable bonds is 6.